The monoisotopic (exact) mass is 328 g/mol. The molecule has 3 rings (SSSR count). The lowest BCUT2D eigenvalue weighted by Crippen LogP contribution is -2.40. The molecule has 0 spiro atoms. The van der Waals surface area contributed by atoms with Crippen LogP contribution in [0, 0.1) is 5.92 Å². The highest BCUT2D eigenvalue weighted by atomic mass is 15.2. The molecule has 0 atom stereocenters. The molecule has 0 aromatic heterocycles. The number of likely N-dealkylation sites (tertiary alicyclic amines) is 2. The summed E-state index contributed by atoms with van der Waals surface area (Å²) in [6.07, 6.45) is 6.44. The van der Waals surface area contributed by atoms with Crippen molar-refractivity contribution in [2.45, 2.75) is 52.1 Å². The zero-order valence-electron chi connectivity index (χ0n) is 15.1. The van der Waals surface area contributed by atoms with Crippen molar-refractivity contribution < 1.29 is 0 Å². The summed E-state index contributed by atoms with van der Waals surface area (Å²) in [6.45, 7) is 8.66. The maximum Gasteiger partial charge on any atom is 0.191 e. The molecule has 2 saturated heterocycles. The molecule has 4 nitrogen and oxygen atoms in total. The third-order valence-corrected chi connectivity index (χ3v) is 5.48. The van der Waals surface area contributed by atoms with Gasteiger partial charge in [0.2, 0.25) is 0 Å². The van der Waals surface area contributed by atoms with Crippen LogP contribution in [0.3, 0.4) is 0 Å². The molecular weight excluding hydrogens is 296 g/mol. The van der Waals surface area contributed by atoms with Crippen LogP contribution in [0.25, 0.3) is 0 Å². The molecule has 0 amide bonds. The predicted octanol–water partition coefficient (Wildman–Crippen LogP) is 3.22. The number of nitrogens with two attached hydrogens (primary N) is 1. The molecule has 1 aromatic carbocycles. The van der Waals surface area contributed by atoms with Gasteiger partial charge in [-0.1, -0.05) is 31.2 Å². The van der Waals surface area contributed by atoms with E-state index >= 15 is 0 Å². The standard InChI is InChI=1S/C20H32N4/c1-17-9-13-23(14-10-17)16-19-8-4-3-7-18(19)15-22-20(21)24-11-5-2-6-12-24/h3-4,7-8,17H,2,5-6,9-16H2,1H3,(H2,21,22). The van der Waals surface area contributed by atoms with Crippen LogP contribution in [0.15, 0.2) is 29.3 Å². The lowest BCUT2D eigenvalue weighted by molar-refractivity contribution is 0.185. The highest BCUT2D eigenvalue weighted by Gasteiger charge is 2.17. The van der Waals surface area contributed by atoms with E-state index in [1.165, 1.54) is 56.3 Å². The normalized spacial score (nSPS) is 21.2. The van der Waals surface area contributed by atoms with Crippen molar-refractivity contribution >= 4 is 5.96 Å². The van der Waals surface area contributed by atoms with E-state index < -0.39 is 0 Å². The van der Waals surface area contributed by atoms with Gasteiger partial charge in [0.15, 0.2) is 5.96 Å². The molecule has 0 aliphatic carbocycles. The van der Waals surface area contributed by atoms with Crippen molar-refractivity contribution in [3.05, 3.63) is 35.4 Å². The fraction of sp³-hybridized carbons (Fsp3) is 0.650. The molecule has 4 heteroatoms. The van der Waals surface area contributed by atoms with Crippen molar-refractivity contribution in [1.29, 1.82) is 0 Å². The summed E-state index contributed by atoms with van der Waals surface area (Å²) in [5.74, 6) is 1.60. The fourth-order valence-corrected chi connectivity index (χ4v) is 3.72. The van der Waals surface area contributed by atoms with Gasteiger partial charge in [-0.25, -0.2) is 4.99 Å². The number of guanidine groups is 1. The van der Waals surface area contributed by atoms with Gasteiger partial charge < -0.3 is 10.6 Å². The molecule has 0 saturated carbocycles. The molecular formula is C20H32N4. The Hall–Kier alpha value is -1.55. The molecule has 132 valence electrons. The largest absolute Gasteiger partial charge is 0.370 e. The van der Waals surface area contributed by atoms with E-state index in [9.17, 15) is 0 Å². The van der Waals surface area contributed by atoms with E-state index in [1.54, 1.807) is 0 Å². The summed E-state index contributed by atoms with van der Waals surface area (Å²) < 4.78 is 0. The summed E-state index contributed by atoms with van der Waals surface area (Å²) >= 11 is 0. The van der Waals surface area contributed by atoms with Crippen molar-refractivity contribution in [2.75, 3.05) is 26.2 Å². The first-order chi connectivity index (χ1) is 11.7. The number of benzene rings is 1. The molecule has 2 aliphatic rings. The molecule has 0 bridgehead atoms. The van der Waals surface area contributed by atoms with Crippen LogP contribution < -0.4 is 5.73 Å². The van der Waals surface area contributed by atoms with Gasteiger partial charge in [0.1, 0.15) is 0 Å². The summed E-state index contributed by atoms with van der Waals surface area (Å²) in [4.78, 5) is 9.50. The summed E-state index contributed by atoms with van der Waals surface area (Å²) in [6, 6.07) is 8.71. The topological polar surface area (TPSA) is 44.9 Å². The van der Waals surface area contributed by atoms with E-state index in [2.05, 4.69) is 46.0 Å². The van der Waals surface area contributed by atoms with Crippen LogP contribution >= 0.6 is 0 Å². The van der Waals surface area contributed by atoms with Crippen LogP contribution in [0.2, 0.25) is 0 Å². The van der Waals surface area contributed by atoms with E-state index in [1.807, 2.05) is 0 Å². The first kappa shape index (κ1) is 17.3. The average molecular weight is 329 g/mol. The van der Waals surface area contributed by atoms with Gasteiger partial charge in [-0.3, -0.25) is 4.90 Å². The van der Waals surface area contributed by atoms with E-state index in [4.69, 9.17) is 5.73 Å². The Morgan fingerprint density at radius 2 is 1.71 bits per heavy atom. The zero-order valence-corrected chi connectivity index (χ0v) is 15.1. The Morgan fingerprint density at radius 1 is 1.04 bits per heavy atom. The zero-order chi connectivity index (χ0) is 16.8. The van der Waals surface area contributed by atoms with Crippen molar-refractivity contribution in [3.8, 4) is 0 Å². The van der Waals surface area contributed by atoms with Crippen molar-refractivity contribution in [1.82, 2.24) is 9.80 Å². The number of nitrogens with zero attached hydrogens (tertiary/aromatic N) is 3. The fourth-order valence-electron chi connectivity index (χ4n) is 3.72. The Bertz CT molecular complexity index is 540. The molecule has 2 N–H and O–H groups in total. The van der Waals surface area contributed by atoms with Gasteiger partial charge in [0.05, 0.1) is 6.54 Å². The third kappa shape index (κ3) is 4.73. The second-order valence-electron chi connectivity index (χ2n) is 7.45. The predicted molar refractivity (Wildman–Crippen MR) is 101 cm³/mol. The molecule has 0 radical (unpaired) electrons. The van der Waals surface area contributed by atoms with Gasteiger partial charge in [0, 0.05) is 19.6 Å². The van der Waals surface area contributed by atoms with Gasteiger partial charge in [-0.05, 0) is 62.2 Å². The highest BCUT2D eigenvalue weighted by molar-refractivity contribution is 5.78. The van der Waals surface area contributed by atoms with Crippen molar-refractivity contribution in [2.24, 2.45) is 16.6 Å². The van der Waals surface area contributed by atoms with Gasteiger partial charge >= 0.3 is 0 Å². The van der Waals surface area contributed by atoms with Crippen LogP contribution in [0.1, 0.15) is 50.2 Å². The first-order valence-corrected chi connectivity index (χ1v) is 9.56. The lowest BCUT2D eigenvalue weighted by Gasteiger charge is -2.30. The minimum absolute atomic E-state index is 0.697. The molecule has 24 heavy (non-hydrogen) atoms. The van der Waals surface area contributed by atoms with Crippen LogP contribution in [-0.2, 0) is 13.1 Å². The molecule has 2 aliphatic heterocycles. The first-order valence-electron chi connectivity index (χ1n) is 9.56. The minimum Gasteiger partial charge on any atom is -0.370 e. The van der Waals surface area contributed by atoms with Crippen LogP contribution in [0.4, 0.5) is 0 Å². The SMILES string of the molecule is CC1CCN(Cc2ccccc2CN=C(N)N2CCCCC2)CC1. The highest BCUT2D eigenvalue weighted by Crippen LogP contribution is 2.20. The lowest BCUT2D eigenvalue weighted by atomic mass is 9.98. The van der Waals surface area contributed by atoms with E-state index in [-0.39, 0.29) is 0 Å². The summed E-state index contributed by atoms with van der Waals surface area (Å²) in [5, 5.41) is 0. The maximum absolute atomic E-state index is 6.21. The van der Waals surface area contributed by atoms with Crippen LogP contribution in [0.5, 0.6) is 0 Å². The van der Waals surface area contributed by atoms with E-state index in [0.29, 0.717) is 6.54 Å². The Balaban J connectivity index is 1.61. The van der Waals surface area contributed by atoms with E-state index in [0.717, 1.165) is 31.5 Å². The Morgan fingerprint density at radius 3 is 2.42 bits per heavy atom. The molecule has 2 heterocycles. The summed E-state index contributed by atoms with van der Waals surface area (Å²) in [5.41, 5.74) is 8.93. The maximum atomic E-state index is 6.21. The molecule has 1 aromatic rings. The van der Waals surface area contributed by atoms with Crippen molar-refractivity contribution in [3.63, 3.8) is 0 Å². The number of hydrogen-bond donors (Lipinski definition) is 1. The molecule has 0 unspecified atom stereocenters. The van der Waals surface area contributed by atoms with Gasteiger partial charge in [0.25, 0.3) is 0 Å². The van der Waals surface area contributed by atoms with Gasteiger partial charge in [-0.2, -0.15) is 0 Å². The second-order valence-corrected chi connectivity index (χ2v) is 7.45. The number of aliphatic imine (C=N–C) groups is 1. The minimum atomic E-state index is 0.697. The smallest absolute Gasteiger partial charge is 0.191 e. The van der Waals surface area contributed by atoms with Gasteiger partial charge in [-0.15, -0.1) is 0 Å². The Labute approximate surface area is 146 Å². The number of hydrogen-bond acceptors (Lipinski definition) is 2. The van der Waals surface area contributed by atoms with Crippen LogP contribution in [-0.4, -0.2) is 41.9 Å². The summed E-state index contributed by atoms with van der Waals surface area (Å²) in [7, 11) is 0. The quantitative estimate of drug-likeness (QED) is 0.682. The Kier molecular flexibility index (Phi) is 6.13. The molecule has 2 fully saturated rings. The number of rotatable bonds is 4. The number of piperidine rings is 2. The third-order valence-electron chi connectivity index (χ3n) is 5.48. The second kappa shape index (κ2) is 8.52. The average Bonchev–Trinajstić information content (AvgIpc) is 2.63.